The third kappa shape index (κ3) is 11.3. The number of halogens is 3. The fourth-order valence-corrected chi connectivity index (χ4v) is 4.16. The molecule has 242 valence electrons. The summed E-state index contributed by atoms with van der Waals surface area (Å²) in [6.45, 7) is 6.07. The zero-order valence-electron chi connectivity index (χ0n) is 25.3. The Balaban J connectivity index is 1.53. The maximum atomic E-state index is 12.9. The van der Waals surface area contributed by atoms with Crippen LogP contribution in [0.15, 0.2) is 48.5 Å². The molecule has 1 aromatic heterocycles. The molecule has 0 aliphatic carbocycles. The van der Waals surface area contributed by atoms with Gasteiger partial charge in [-0.15, -0.1) is 0 Å². The first-order valence-electron chi connectivity index (χ1n) is 14.5. The van der Waals surface area contributed by atoms with Crippen molar-refractivity contribution in [2.24, 2.45) is 0 Å². The third-order valence-electron chi connectivity index (χ3n) is 6.26. The van der Waals surface area contributed by atoms with Gasteiger partial charge in [0.1, 0.15) is 5.75 Å². The van der Waals surface area contributed by atoms with Gasteiger partial charge in [0, 0.05) is 43.0 Å². The molecule has 0 saturated heterocycles. The van der Waals surface area contributed by atoms with Gasteiger partial charge in [-0.2, -0.15) is 28.1 Å². The molecular formula is C30H37F3N8O4. The van der Waals surface area contributed by atoms with Crippen LogP contribution in [0.2, 0.25) is 0 Å². The Morgan fingerprint density at radius 2 is 1.64 bits per heavy atom. The Labute approximate surface area is 259 Å². The molecule has 0 fully saturated rings. The van der Waals surface area contributed by atoms with Crippen LogP contribution in [0.5, 0.6) is 11.8 Å². The van der Waals surface area contributed by atoms with Crippen LogP contribution < -0.4 is 30.7 Å². The highest BCUT2D eigenvalue weighted by molar-refractivity contribution is 5.94. The van der Waals surface area contributed by atoms with Crippen molar-refractivity contribution >= 4 is 29.5 Å². The summed E-state index contributed by atoms with van der Waals surface area (Å²) in [5, 5.41) is 11.7. The van der Waals surface area contributed by atoms with E-state index in [9.17, 15) is 22.8 Å². The van der Waals surface area contributed by atoms with Gasteiger partial charge in [-0.1, -0.05) is 12.1 Å². The number of anilines is 3. The molecule has 0 saturated carbocycles. The third-order valence-corrected chi connectivity index (χ3v) is 6.26. The summed E-state index contributed by atoms with van der Waals surface area (Å²) in [5.74, 6) is 0.285. The van der Waals surface area contributed by atoms with E-state index >= 15 is 0 Å². The summed E-state index contributed by atoms with van der Waals surface area (Å²) in [7, 11) is 0. The summed E-state index contributed by atoms with van der Waals surface area (Å²) in [6.07, 6.45) is -3.44. The minimum atomic E-state index is -4.58. The molecular weight excluding hydrogens is 593 g/mol. The Morgan fingerprint density at radius 1 is 0.956 bits per heavy atom. The molecule has 12 nitrogen and oxygen atoms in total. The fourth-order valence-electron chi connectivity index (χ4n) is 4.16. The number of benzene rings is 2. The number of urea groups is 1. The number of aromatic nitrogens is 3. The molecule has 4 aliphatic heterocycles. The minimum absolute atomic E-state index is 0.00416. The van der Waals surface area contributed by atoms with Crippen LogP contribution >= 0.6 is 0 Å². The standard InChI is InChI=1S/C30H37F3N8O4/c1-29(2,3)40-28(43)41-15-4-14-34-24(42)21-8-10-22(11-9-21)36-26-37-25(38-27(39-26)45-19-30(31,32)33)35-18-20-6-12-23(13-7-20)44-17-5-16-41/h6-13H,4-5,14-19H2,1-3H3,(H,34,42)(H,40,43)(H2,35,36,37,38,39). The molecule has 0 spiro atoms. The van der Waals surface area contributed by atoms with E-state index in [4.69, 9.17) is 9.47 Å². The molecule has 3 amide bonds. The smallest absolute Gasteiger partial charge is 0.422 e. The first kappa shape index (κ1) is 33.1. The van der Waals surface area contributed by atoms with Gasteiger partial charge in [-0.25, -0.2) is 4.79 Å². The van der Waals surface area contributed by atoms with E-state index in [0.29, 0.717) is 56.1 Å². The lowest BCUT2D eigenvalue weighted by Crippen LogP contribution is -2.49. The molecule has 3 aromatic rings. The van der Waals surface area contributed by atoms with Crippen LogP contribution in [-0.2, 0) is 6.54 Å². The number of hydrogen-bond acceptors (Lipinski definition) is 9. The number of ether oxygens (including phenoxy) is 2. The van der Waals surface area contributed by atoms with Gasteiger partial charge in [-0.05, 0) is 75.6 Å². The van der Waals surface area contributed by atoms with Gasteiger partial charge in [0.05, 0.1) is 6.61 Å². The minimum Gasteiger partial charge on any atom is -0.494 e. The Kier molecular flexibility index (Phi) is 10.9. The number of rotatable bonds is 2. The SMILES string of the molecule is CC(C)(C)NC(=O)N1CCCNC(=O)c2ccc(cc2)Nc2nc(nc(OCC(F)(F)F)n2)NCc2ccc(cc2)OCCC1. The maximum absolute atomic E-state index is 12.9. The molecule has 0 atom stereocenters. The number of hydrogen-bond donors (Lipinski definition) is 4. The van der Waals surface area contributed by atoms with Crippen molar-refractivity contribution in [1.29, 1.82) is 0 Å². The topological polar surface area (TPSA) is 143 Å². The zero-order chi connectivity index (χ0) is 32.5. The molecule has 45 heavy (non-hydrogen) atoms. The average molecular weight is 631 g/mol. The second-order valence-electron chi connectivity index (χ2n) is 11.3. The van der Waals surface area contributed by atoms with E-state index < -0.39 is 24.3 Å². The number of nitrogens with one attached hydrogen (secondary N) is 4. The van der Waals surface area contributed by atoms with Crippen LogP contribution in [0.25, 0.3) is 0 Å². The molecule has 7 rings (SSSR count). The van der Waals surface area contributed by atoms with Crippen LogP contribution in [-0.4, -0.2) is 76.4 Å². The van der Waals surface area contributed by atoms with Gasteiger partial charge in [0.25, 0.3) is 5.91 Å². The van der Waals surface area contributed by atoms with Gasteiger partial charge in [0.15, 0.2) is 6.61 Å². The van der Waals surface area contributed by atoms with Crippen LogP contribution in [0.3, 0.4) is 0 Å². The summed E-state index contributed by atoms with van der Waals surface area (Å²) in [4.78, 5) is 39.5. The zero-order valence-corrected chi connectivity index (χ0v) is 25.3. The predicted octanol–water partition coefficient (Wildman–Crippen LogP) is 4.88. The number of alkyl halides is 3. The van der Waals surface area contributed by atoms with Gasteiger partial charge >= 0.3 is 18.2 Å². The van der Waals surface area contributed by atoms with Gasteiger partial charge in [-0.3, -0.25) is 4.79 Å². The summed E-state index contributed by atoms with van der Waals surface area (Å²) in [5.41, 5.74) is 1.32. The molecule has 0 unspecified atom stereocenters. The van der Waals surface area contributed by atoms with E-state index in [-0.39, 0.29) is 30.4 Å². The van der Waals surface area contributed by atoms with E-state index in [0.717, 1.165) is 5.56 Å². The molecule has 4 N–H and O–H groups in total. The highest BCUT2D eigenvalue weighted by Crippen LogP contribution is 2.21. The van der Waals surface area contributed by atoms with Crippen LogP contribution in [0.4, 0.5) is 35.5 Å². The van der Waals surface area contributed by atoms with Gasteiger partial charge < -0.3 is 35.6 Å². The maximum Gasteiger partial charge on any atom is 0.422 e. The predicted molar refractivity (Wildman–Crippen MR) is 162 cm³/mol. The number of carbonyl (C=O) groups excluding carboxylic acids is 2. The molecule has 6 bridgehead atoms. The largest absolute Gasteiger partial charge is 0.494 e. The summed E-state index contributed by atoms with van der Waals surface area (Å²) >= 11 is 0. The fraction of sp³-hybridized carbons (Fsp3) is 0.433. The molecule has 4 aliphatic rings. The molecule has 15 heteroatoms. The Bertz CT molecular complexity index is 1430. The van der Waals surface area contributed by atoms with Crippen molar-refractivity contribution in [2.45, 2.75) is 51.9 Å². The van der Waals surface area contributed by atoms with Crippen molar-refractivity contribution < 1.29 is 32.2 Å². The number of amides is 3. The van der Waals surface area contributed by atoms with Crippen LogP contribution in [0, 0.1) is 0 Å². The monoisotopic (exact) mass is 630 g/mol. The molecule has 5 heterocycles. The lowest BCUT2D eigenvalue weighted by Gasteiger charge is -2.28. The van der Waals surface area contributed by atoms with E-state index in [2.05, 4.69) is 36.2 Å². The van der Waals surface area contributed by atoms with Gasteiger partial charge in [0.2, 0.25) is 11.9 Å². The first-order chi connectivity index (χ1) is 21.3. The highest BCUT2D eigenvalue weighted by atomic mass is 19.4. The summed E-state index contributed by atoms with van der Waals surface area (Å²) < 4.78 is 49.0. The van der Waals surface area contributed by atoms with Crippen molar-refractivity contribution in [3.63, 3.8) is 0 Å². The lowest BCUT2D eigenvalue weighted by molar-refractivity contribution is -0.154. The summed E-state index contributed by atoms with van der Waals surface area (Å²) in [6, 6.07) is 13.0. The van der Waals surface area contributed by atoms with Crippen molar-refractivity contribution in [3.8, 4) is 11.8 Å². The van der Waals surface area contributed by atoms with Crippen molar-refractivity contribution in [3.05, 3.63) is 59.7 Å². The van der Waals surface area contributed by atoms with E-state index in [1.807, 2.05) is 32.9 Å². The van der Waals surface area contributed by atoms with Crippen LogP contribution in [0.1, 0.15) is 49.5 Å². The molecule has 0 radical (unpaired) electrons. The number of nitrogens with zero attached hydrogens (tertiary/aromatic N) is 4. The highest BCUT2D eigenvalue weighted by Gasteiger charge is 2.29. The quantitative estimate of drug-likeness (QED) is 0.312. The lowest BCUT2D eigenvalue weighted by atomic mass is 10.1. The Morgan fingerprint density at radius 3 is 2.33 bits per heavy atom. The Hall–Kier alpha value is -4.82. The average Bonchev–Trinajstić information content (AvgIpc) is 2.97. The second-order valence-corrected chi connectivity index (χ2v) is 11.3. The van der Waals surface area contributed by atoms with Crippen molar-refractivity contribution in [1.82, 2.24) is 30.5 Å². The van der Waals surface area contributed by atoms with Crippen molar-refractivity contribution in [2.75, 3.05) is 43.5 Å². The van der Waals surface area contributed by atoms with E-state index in [1.165, 1.54) is 0 Å². The normalized spacial score (nSPS) is 15.2. The first-order valence-corrected chi connectivity index (χ1v) is 14.5. The van der Waals surface area contributed by atoms with E-state index in [1.54, 1.807) is 41.3 Å². The number of carbonyl (C=O) groups is 2. The molecule has 2 aromatic carbocycles. The second kappa shape index (κ2) is 14.8.